The largest absolute Gasteiger partial charge is 0.454 e. The number of aromatic nitrogens is 2. The van der Waals surface area contributed by atoms with E-state index in [9.17, 15) is 4.79 Å². The van der Waals surface area contributed by atoms with Crippen LogP contribution in [0.1, 0.15) is 21.8 Å². The lowest BCUT2D eigenvalue weighted by Crippen LogP contribution is -2.49. The quantitative estimate of drug-likeness (QED) is 0.636. The molecular weight excluding hydrogens is 426 g/mol. The Morgan fingerprint density at radius 3 is 2.69 bits per heavy atom. The van der Waals surface area contributed by atoms with Gasteiger partial charge in [0, 0.05) is 37.6 Å². The molecule has 0 radical (unpaired) electrons. The molecule has 0 aliphatic carbocycles. The molecule has 32 heavy (non-hydrogen) atoms. The van der Waals surface area contributed by atoms with Gasteiger partial charge in [0.1, 0.15) is 16.5 Å². The lowest BCUT2D eigenvalue weighted by atomic mass is 10.1. The number of aryl methyl sites for hydroxylation is 3. The van der Waals surface area contributed by atoms with Crippen molar-refractivity contribution < 1.29 is 14.3 Å². The number of carbonyl (C=O) groups is 1. The number of piperazine rings is 1. The van der Waals surface area contributed by atoms with Gasteiger partial charge >= 0.3 is 0 Å². The first-order chi connectivity index (χ1) is 15.5. The summed E-state index contributed by atoms with van der Waals surface area (Å²) < 4.78 is 10.9. The highest BCUT2D eigenvalue weighted by atomic mass is 32.1. The van der Waals surface area contributed by atoms with Crippen LogP contribution in [-0.4, -0.2) is 65.2 Å². The molecule has 2 aliphatic rings. The maximum Gasteiger partial charge on any atom is 0.242 e. The standard InChI is InChI=1S/C23H27N5O3S/c1-14-15(2)32-23-21(14)22(25-16(3)26-23)24-11-20(29)28-8-6-27(7-9-28)12-17-4-5-18-19(10-17)31-13-30-18/h4-5,10H,6-9,11-13H2,1-3H3,(H,24,25,26). The number of ether oxygens (including phenoxy) is 2. The maximum absolute atomic E-state index is 12.8. The Labute approximate surface area is 191 Å². The number of amides is 1. The second kappa shape index (κ2) is 8.55. The van der Waals surface area contributed by atoms with Gasteiger partial charge in [-0.15, -0.1) is 11.3 Å². The molecule has 8 nitrogen and oxygen atoms in total. The van der Waals surface area contributed by atoms with Crippen molar-refractivity contribution in [1.29, 1.82) is 0 Å². The van der Waals surface area contributed by atoms with E-state index in [2.05, 4.69) is 40.1 Å². The third-order valence-corrected chi connectivity index (χ3v) is 7.22. The fraction of sp³-hybridized carbons (Fsp3) is 0.435. The number of fused-ring (bicyclic) bond motifs is 2. The zero-order valence-electron chi connectivity index (χ0n) is 18.6. The molecule has 0 bridgehead atoms. The first-order valence-electron chi connectivity index (χ1n) is 10.8. The molecule has 2 aliphatic heterocycles. The zero-order valence-corrected chi connectivity index (χ0v) is 19.4. The van der Waals surface area contributed by atoms with Crippen LogP contribution in [0.15, 0.2) is 18.2 Å². The number of benzene rings is 1. The van der Waals surface area contributed by atoms with Gasteiger partial charge < -0.3 is 19.7 Å². The first-order valence-corrected chi connectivity index (χ1v) is 11.7. The molecule has 1 saturated heterocycles. The van der Waals surface area contributed by atoms with E-state index in [1.165, 1.54) is 16.0 Å². The van der Waals surface area contributed by atoms with E-state index in [1.807, 2.05) is 24.0 Å². The second-order valence-corrected chi connectivity index (χ2v) is 9.48. The van der Waals surface area contributed by atoms with Crippen LogP contribution in [0.5, 0.6) is 11.5 Å². The topological polar surface area (TPSA) is 79.8 Å². The highest BCUT2D eigenvalue weighted by Gasteiger charge is 2.22. The fourth-order valence-corrected chi connectivity index (χ4v) is 5.28. The van der Waals surface area contributed by atoms with E-state index >= 15 is 0 Å². The highest BCUT2D eigenvalue weighted by Crippen LogP contribution is 2.34. The average Bonchev–Trinajstić information content (AvgIpc) is 3.36. The summed E-state index contributed by atoms with van der Waals surface area (Å²) in [7, 11) is 0. The number of nitrogens with one attached hydrogen (secondary N) is 1. The van der Waals surface area contributed by atoms with Crippen molar-refractivity contribution in [2.75, 3.05) is 44.8 Å². The Morgan fingerprint density at radius 1 is 1.09 bits per heavy atom. The Morgan fingerprint density at radius 2 is 1.88 bits per heavy atom. The van der Waals surface area contributed by atoms with E-state index in [0.29, 0.717) is 12.6 Å². The molecule has 9 heteroatoms. The second-order valence-electron chi connectivity index (χ2n) is 8.28. The highest BCUT2D eigenvalue weighted by molar-refractivity contribution is 7.18. The molecule has 1 fully saturated rings. The molecule has 1 aromatic carbocycles. The van der Waals surface area contributed by atoms with Crippen molar-refractivity contribution in [2.45, 2.75) is 27.3 Å². The Hall–Kier alpha value is -2.91. The van der Waals surface area contributed by atoms with Gasteiger partial charge in [-0.3, -0.25) is 9.69 Å². The molecule has 168 valence electrons. The summed E-state index contributed by atoms with van der Waals surface area (Å²) in [5.41, 5.74) is 2.37. The SMILES string of the molecule is Cc1nc(NCC(=O)N2CCN(Cc3ccc4c(c3)OCO4)CC2)c2c(C)c(C)sc2n1. The predicted octanol–water partition coefficient (Wildman–Crippen LogP) is 3.10. The average molecular weight is 454 g/mol. The molecule has 0 atom stereocenters. The van der Waals surface area contributed by atoms with Crippen molar-refractivity contribution in [3.63, 3.8) is 0 Å². The van der Waals surface area contributed by atoms with E-state index in [4.69, 9.17) is 9.47 Å². The van der Waals surface area contributed by atoms with Crippen LogP contribution in [0.4, 0.5) is 5.82 Å². The summed E-state index contributed by atoms with van der Waals surface area (Å²) in [6.45, 7) is 10.6. The molecule has 1 N–H and O–H groups in total. The fourth-order valence-electron chi connectivity index (χ4n) is 4.21. The van der Waals surface area contributed by atoms with Crippen LogP contribution < -0.4 is 14.8 Å². The number of anilines is 1. The Kier molecular flexibility index (Phi) is 5.60. The van der Waals surface area contributed by atoms with E-state index in [-0.39, 0.29) is 12.5 Å². The van der Waals surface area contributed by atoms with Gasteiger partial charge in [0.25, 0.3) is 0 Å². The molecule has 0 spiro atoms. The summed E-state index contributed by atoms with van der Waals surface area (Å²) in [6, 6.07) is 6.08. The number of nitrogens with zero attached hydrogens (tertiary/aromatic N) is 4. The van der Waals surface area contributed by atoms with Crippen LogP contribution in [0.2, 0.25) is 0 Å². The third-order valence-electron chi connectivity index (χ3n) is 6.12. The van der Waals surface area contributed by atoms with Crippen molar-refractivity contribution in [3.05, 3.63) is 40.0 Å². The summed E-state index contributed by atoms with van der Waals surface area (Å²) in [5, 5.41) is 4.31. The normalized spacial score (nSPS) is 16.0. The molecule has 0 unspecified atom stereocenters. The van der Waals surface area contributed by atoms with Gasteiger partial charge in [0.2, 0.25) is 12.7 Å². The van der Waals surface area contributed by atoms with Gasteiger partial charge in [-0.05, 0) is 44.0 Å². The summed E-state index contributed by atoms with van der Waals surface area (Å²) in [6.07, 6.45) is 0. The zero-order chi connectivity index (χ0) is 22.2. The summed E-state index contributed by atoms with van der Waals surface area (Å²) in [4.78, 5) is 28.5. The van der Waals surface area contributed by atoms with Crippen LogP contribution in [0.25, 0.3) is 10.2 Å². The van der Waals surface area contributed by atoms with E-state index < -0.39 is 0 Å². The van der Waals surface area contributed by atoms with Crippen LogP contribution >= 0.6 is 11.3 Å². The van der Waals surface area contributed by atoms with E-state index in [0.717, 1.165) is 60.3 Å². The minimum absolute atomic E-state index is 0.0988. The lowest BCUT2D eigenvalue weighted by Gasteiger charge is -2.34. The predicted molar refractivity (Wildman–Crippen MR) is 125 cm³/mol. The molecule has 2 aromatic heterocycles. The summed E-state index contributed by atoms with van der Waals surface area (Å²) >= 11 is 1.67. The molecular formula is C23H27N5O3S. The molecule has 4 heterocycles. The number of rotatable bonds is 5. The van der Waals surface area contributed by atoms with Gasteiger partial charge in [-0.25, -0.2) is 9.97 Å². The molecule has 3 aromatic rings. The molecule has 5 rings (SSSR count). The van der Waals surface area contributed by atoms with Gasteiger partial charge in [-0.1, -0.05) is 6.07 Å². The molecule has 0 saturated carbocycles. The van der Waals surface area contributed by atoms with Crippen LogP contribution in [0.3, 0.4) is 0 Å². The van der Waals surface area contributed by atoms with Crippen molar-refractivity contribution in [2.24, 2.45) is 0 Å². The first kappa shape index (κ1) is 21.0. The monoisotopic (exact) mass is 453 g/mol. The number of carbonyl (C=O) groups excluding carboxylic acids is 1. The lowest BCUT2D eigenvalue weighted by molar-refractivity contribution is -0.131. The van der Waals surface area contributed by atoms with Gasteiger partial charge in [0.05, 0.1) is 11.9 Å². The van der Waals surface area contributed by atoms with Crippen molar-refractivity contribution in [3.8, 4) is 11.5 Å². The number of thiophene rings is 1. The van der Waals surface area contributed by atoms with Crippen molar-refractivity contribution >= 4 is 33.3 Å². The smallest absolute Gasteiger partial charge is 0.242 e. The minimum atomic E-state index is 0.0988. The van der Waals surface area contributed by atoms with Gasteiger partial charge in [-0.2, -0.15) is 0 Å². The number of hydrogen-bond acceptors (Lipinski definition) is 8. The van der Waals surface area contributed by atoms with Gasteiger partial charge in [0.15, 0.2) is 11.5 Å². The Bertz CT molecular complexity index is 1170. The third kappa shape index (κ3) is 4.10. The number of hydrogen-bond donors (Lipinski definition) is 1. The molecule has 1 amide bonds. The van der Waals surface area contributed by atoms with Crippen molar-refractivity contribution in [1.82, 2.24) is 19.8 Å². The van der Waals surface area contributed by atoms with Crippen LogP contribution in [-0.2, 0) is 11.3 Å². The maximum atomic E-state index is 12.8. The Balaban J connectivity index is 1.16. The minimum Gasteiger partial charge on any atom is -0.454 e. The summed E-state index contributed by atoms with van der Waals surface area (Å²) in [5.74, 6) is 3.19. The van der Waals surface area contributed by atoms with E-state index in [1.54, 1.807) is 11.3 Å². The van der Waals surface area contributed by atoms with Crippen LogP contribution in [0, 0.1) is 20.8 Å².